The first-order valence-corrected chi connectivity index (χ1v) is 14.2. The maximum absolute atomic E-state index is 11.4. The lowest BCUT2D eigenvalue weighted by Crippen LogP contribution is -2.27. The molecule has 5 N–H and O–H groups in total. The van der Waals surface area contributed by atoms with Gasteiger partial charge in [-0.2, -0.15) is 0 Å². The number of nitrogens with one attached hydrogen (secondary N) is 1. The van der Waals surface area contributed by atoms with Crippen molar-refractivity contribution in [3.8, 4) is 0 Å². The van der Waals surface area contributed by atoms with Gasteiger partial charge in [0, 0.05) is 26.3 Å². The van der Waals surface area contributed by atoms with E-state index in [-0.39, 0.29) is 24.1 Å². The van der Waals surface area contributed by atoms with Crippen LogP contribution >= 0.6 is 0 Å². The van der Waals surface area contributed by atoms with E-state index in [1.807, 2.05) is 14.1 Å². The van der Waals surface area contributed by atoms with Crippen LogP contribution in [0.2, 0.25) is 0 Å². The molecule has 38 heavy (non-hydrogen) atoms. The predicted molar refractivity (Wildman–Crippen MR) is 155 cm³/mol. The van der Waals surface area contributed by atoms with E-state index in [1.165, 1.54) is 12.8 Å². The molecular formula is C28H60N4O6. The number of carboxylic acid groups (broad SMARTS) is 1. The minimum atomic E-state index is -0.833. The Morgan fingerprint density at radius 3 is 2.00 bits per heavy atom. The number of ether oxygens (including phenoxy) is 1. The van der Waals surface area contributed by atoms with E-state index in [2.05, 4.69) is 43.1 Å². The summed E-state index contributed by atoms with van der Waals surface area (Å²) in [5, 5.41) is 19.9. The summed E-state index contributed by atoms with van der Waals surface area (Å²) in [5.74, 6) is -0.791. The van der Waals surface area contributed by atoms with Crippen molar-refractivity contribution >= 4 is 17.8 Å². The van der Waals surface area contributed by atoms with Crippen molar-refractivity contribution in [1.29, 1.82) is 0 Å². The van der Waals surface area contributed by atoms with Crippen molar-refractivity contribution < 1.29 is 29.3 Å². The maximum Gasteiger partial charge on any atom is 0.306 e. The molecule has 1 aliphatic rings. The van der Waals surface area contributed by atoms with Crippen LogP contribution in [0.5, 0.6) is 0 Å². The molecule has 1 aliphatic heterocycles. The van der Waals surface area contributed by atoms with Gasteiger partial charge in [0.1, 0.15) is 6.10 Å². The normalized spacial score (nSPS) is 14.8. The Bertz CT molecular complexity index is 557. The predicted octanol–water partition coefficient (Wildman–Crippen LogP) is 3.26. The van der Waals surface area contributed by atoms with E-state index in [0.29, 0.717) is 19.3 Å². The third-order valence-electron chi connectivity index (χ3n) is 5.36. The van der Waals surface area contributed by atoms with Crippen molar-refractivity contribution in [2.75, 3.05) is 54.4 Å². The SMILES string of the molecule is CC(=O)O.CCCCC(O)CCC(=O)NCCCN(C)C.CCCCC1CCC(=O)O1.CN(C)CCCN. The molecule has 0 radical (unpaired) electrons. The van der Waals surface area contributed by atoms with Gasteiger partial charge in [-0.15, -0.1) is 0 Å². The molecule has 228 valence electrons. The van der Waals surface area contributed by atoms with Gasteiger partial charge in [-0.1, -0.05) is 39.5 Å². The van der Waals surface area contributed by atoms with E-state index in [1.54, 1.807) is 0 Å². The van der Waals surface area contributed by atoms with Gasteiger partial charge in [0.05, 0.1) is 6.10 Å². The van der Waals surface area contributed by atoms with E-state index in [4.69, 9.17) is 20.4 Å². The van der Waals surface area contributed by atoms with Crippen molar-refractivity contribution in [2.24, 2.45) is 5.73 Å². The van der Waals surface area contributed by atoms with Crippen molar-refractivity contribution in [3.63, 3.8) is 0 Å². The number of cyclic esters (lactones) is 1. The number of carboxylic acids is 1. The van der Waals surface area contributed by atoms with Crippen LogP contribution in [0.4, 0.5) is 0 Å². The molecule has 10 heteroatoms. The summed E-state index contributed by atoms with van der Waals surface area (Å²) in [6.45, 7) is 8.96. The lowest BCUT2D eigenvalue weighted by atomic mass is 10.1. The monoisotopic (exact) mass is 548 g/mol. The van der Waals surface area contributed by atoms with Crippen LogP contribution in [-0.2, 0) is 19.1 Å². The highest BCUT2D eigenvalue weighted by atomic mass is 16.5. The zero-order chi connectivity index (χ0) is 29.8. The summed E-state index contributed by atoms with van der Waals surface area (Å²) in [6, 6.07) is 0. The van der Waals surface area contributed by atoms with Crippen molar-refractivity contribution in [3.05, 3.63) is 0 Å². The molecule has 0 aromatic rings. The summed E-state index contributed by atoms with van der Waals surface area (Å²) >= 11 is 0. The number of nitrogens with two attached hydrogens (primary N) is 1. The van der Waals surface area contributed by atoms with Gasteiger partial charge >= 0.3 is 5.97 Å². The molecule has 0 aromatic heterocycles. The van der Waals surface area contributed by atoms with E-state index in [0.717, 1.165) is 78.0 Å². The molecular weight excluding hydrogens is 488 g/mol. The van der Waals surface area contributed by atoms with Crippen molar-refractivity contribution in [2.45, 2.75) is 110 Å². The minimum absolute atomic E-state index is 0.0129. The minimum Gasteiger partial charge on any atom is -0.481 e. The summed E-state index contributed by atoms with van der Waals surface area (Å²) in [5.41, 5.74) is 5.25. The average molecular weight is 549 g/mol. The number of amides is 1. The highest BCUT2D eigenvalue weighted by Gasteiger charge is 2.21. The van der Waals surface area contributed by atoms with Crippen LogP contribution in [0.15, 0.2) is 0 Å². The Kier molecular flexibility index (Phi) is 32.0. The van der Waals surface area contributed by atoms with Gasteiger partial charge in [0.2, 0.25) is 5.91 Å². The number of aliphatic carboxylic acids is 1. The number of aliphatic hydroxyl groups is 1. The van der Waals surface area contributed by atoms with Crippen molar-refractivity contribution in [1.82, 2.24) is 15.1 Å². The van der Waals surface area contributed by atoms with Gasteiger partial charge in [-0.25, -0.2) is 0 Å². The highest BCUT2D eigenvalue weighted by molar-refractivity contribution is 5.75. The van der Waals surface area contributed by atoms with E-state index >= 15 is 0 Å². The number of hydrogen-bond donors (Lipinski definition) is 4. The number of unbranched alkanes of at least 4 members (excludes halogenated alkanes) is 2. The number of rotatable bonds is 16. The number of carbonyl (C=O) groups excluding carboxylic acids is 2. The number of nitrogens with zero attached hydrogens (tertiary/aromatic N) is 2. The van der Waals surface area contributed by atoms with Gasteiger partial charge in [-0.05, 0) is 86.3 Å². The number of hydrogen-bond acceptors (Lipinski definition) is 8. The Balaban J connectivity index is -0.000000490. The fraction of sp³-hybridized carbons (Fsp3) is 0.893. The third kappa shape index (κ3) is 38.8. The quantitative estimate of drug-likeness (QED) is 0.169. The Hall–Kier alpha value is -1.75. The average Bonchev–Trinajstić information content (AvgIpc) is 3.26. The Morgan fingerprint density at radius 2 is 1.58 bits per heavy atom. The highest BCUT2D eigenvalue weighted by Crippen LogP contribution is 2.18. The summed E-state index contributed by atoms with van der Waals surface area (Å²) in [7, 11) is 8.14. The molecule has 10 nitrogen and oxygen atoms in total. The summed E-state index contributed by atoms with van der Waals surface area (Å²) < 4.78 is 5.02. The number of aliphatic hydroxyl groups excluding tert-OH is 1. The molecule has 2 atom stereocenters. The Morgan fingerprint density at radius 1 is 1.03 bits per heavy atom. The van der Waals surface area contributed by atoms with Crippen LogP contribution in [0.3, 0.4) is 0 Å². The first kappa shape index (κ1) is 40.7. The zero-order valence-corrected chi connectivity index (χ0v) is 25.5. The topological polar surface area (TPSA) is 145 Å². The Labute approximate surface area is 232 Å². The summed E-state index contributed by atoms with van der Waals surface area (Å²) in [6.07, 6.45) is 11.0. The number of esters is 1. The van der Waals surface area contributed by atoms with Crippen LogP contribution in [0, 0.1) is 0 Å². The molecule has 1 rings (SSSR count). The molecule has 1 heterocycles. The molecule has 1 fully saturated rings. The molecule has 2 unspecified atom stereocenters. The standard InChI is InChI=1S/C13H28N2O2.C8H14O2.C5H14N2.C2H4O2/c1-4-5-7-12(16)8-9-13(17)14-10-6-11-15(2)3;1-2-3-4-7-5-6-8(9)10-7;1-7(2)5-3-4-6;1-2(3)4/h12,16H,4-11H2,1-3H3,(H,14,17);7H,2-6H2,1H3;3-6H2,1-2H3;1H3,(H,3,4). The van der Waals surface area contributed by atoms with Crippen LogP contribution in [-0.4, -0.2) is 104 Å². The summed E-state index contributed by atoms with van der Waals surface area (Å²) in [4.78, 5) is 35.3. The largest absolute Gasteiger partial charge is 0.481 e. The third-order valence-corrected chi connectivity index (χ3v) is 5.36. The molecule has 1 amide bonds. The van der Waals surface area contributed by atoms with Gasteiger partial charge in [0.15, 0.2) is 0 Å². The second-order valence-corrected chi connectivity index (χ2v) is 10.1. The lowest BCUT2D eigenvalue weighted by Gasteiger charge is -2.11. The number of carbonyl (C=O) groups is 3. The zero-order valence-electron chi connectivity index (χ0n) is 25.5. The molecule has 0 bridgehead atoms. The van der Waals surface area contributed by atoms with Crippen LogP contribution < -0.4 is 11.1 Å². The first-order chi connectivity index (χ1) is 17.9. The fourth-order valence-electron chi connectivity index (χ4n) is 3.22. The van der Waals surface area contributed by atoms with Gasteiger partial charge in [0.25, 0.3) is 5.97 Å². The van der Waals surface area contributed by atoms with E-state index in [9.17, 15) is 14.7 Å². The second-order valence-electron chi connectivity index (χ2n) is 10.1. The van der Waals surface area contributed by atoms with Gasteiger partial charge < -0.3 is 35.8 Å². The molecule has 0 aromatic carbocycles. The first-order valence-electron chi connectivity index (χ1n) is 14.2. The molecule has 0 spiro atoms. The molecule has 0 saturated carbocycles. The second kappa shape index (κ2) is 29.8. The van der Waals surface area contributed by atoms with Gasteiger partial charge in [-0.3, -0.25) is 14.4 Å². The smallest absolute Gasteiger partial charge is 0.306 e. The fourth-order valence-corrected chi connectivity index (χ4v) is 3.22. The van der Waals surface area contributed by atoms with E-state index < -0.39 is 5.97 Å². The maximum atomic E-state index is 11.4. The van der Waals surface area contributed by atoms with Crippen LogP contribution in [0.1, 0.15) is 97.8 Å². The lowest BCUT2D eigenvalue weighted by molar-refractivity contribution is -0.141. The van der Waals surface area contributed by atoms with Crippen LogP contribution in [0.25, 0.3) is 0 Å². The molecule has 0 aliphatic carbocycles. The molecule has 1 saturated heterocycles.